The number of benzene rings is 2. The van der Waals surface area contributed by atoms with E-state index in [1.165, 1.54) is 16.8 Å². The summed E-state index contributed by atoms with van der Waals surface area (Å²) >= 11 is 6.04. The molecule has 2 aromatic carbocycles. The number of aryl methyl sites for hydroxylation is 2. The van der Waals surface area contributed by atoms with Crippen LogP contribution in [0.4, 0.5) is 5.69 Å². The lowest BCUT2D eigenvalue weighted by Crippen LogP contribution is -2.46. The number of fused-ring (bicyclic) bond motifs is 1. The number of nitrogens with zero attached hydrogens (tertiary/aromatic N) is 2. The largest absolute Gasteiger partial charge is 0.464 e. The van der Waals surface area contributed by atoms with Crippen LogP contribution in [0.15, 0.2) is 51.9 Å². The van der Waals surface area contributed by atoms with Crippen molar-refractivity contribution < 1.29 is 4.42 Å². The van der Waals surface area contributed by atoms with Crippen LogP contribution in [0.1, 0.15) is 16.7 Å². The van der Waals surface area contributed by atoms with Gasteiger partial charge in [-0.05, 0) is 49.2 Å². The maximum absolute atomic E-state index is 12.8. The molecule has 2 heterocycles. The molecule has 140 valence electrons. The van der Waals surface area contributed by atoms with Gasteiger partial charge in [-0.1, -0.05) is 23.7 Å². The number of hydrogen-bond donors (Lipinski definition) is 0. The smallest absolute Gasteiger partial charge is 0.197 e. The van der Waals surface area contributed by atoms with Gasteiger partial charge in [-0.15, -0.1) is 0 Å². The summed E-state index contributed by atoms with van der Waals surface area (Å²) in [5.74, 6) is 0. The molecule has 0 spiro atoms. The number of piperazine rings is 1. The van der Waals surface area contributed by atoms with E-state index in [0.29, 0.717) is 28.1 Å². The minimum absolute atomic E-state index is 0.00992. The molecule has 0 aliphatic carbocycles. The average Bonchev–Trinajstić information content (AvgIpc) is 2.67. The second kappa shape index (κ2) is 7.37. The highest BCUT2D eigenvalue weighted by Crippen LogP contribution is 2.23. The molecule has 3 aromatic rings. The summed E-state index contributed by atoms with van der Waals surface area (Å²) in [6.07, 6.45) is 1.59. The molecule has 1 aromatic heterocycles. The Morgan fingerprint density at radius 3 is 2.59 bits per heavy atom. The molecule has 0 atom stereocenters. The molecule has 1 aliphatic heterocycles. The van der Waals surface area contributed by atoms with Gasteiger partial charge in [-0.2, -0.15) is 0 Å². The molecule has 1 aliphatic rings. The highest BCUT2D eigenvalue weighted by atomic mass is 35.5. The van der Waals surface area contributed by atoms with Crippen molar-refractivity contribution in [3.8, 4) is 0 Å². The van der Waals surface area contributed by atoms with Gasteiger partial charge in [-0.25, -0.2) is 0 Å². The van der Waals surface area contributed by atoms with E-state index < -0.39 is 0 Å². The molecule has 0 saturated carbocycles. The normalized spacial score (nSPS) is 15.4. The molecule has 1 fully saturated rings. The Morgan fingerprint density at radius 1 is 1.04 bits per heavy atom. The molecule has 0 N–H and O–H groups in total. The van der Waals surface area contributed by atoms with E-state index in [9.17, 15) is 4.79 Å². The van der Waals surface area contributed by atoms with Gasteiger partial charge in [0.15, 0.2) is 5.43 Å². The van der Waals surface area contributed by atoms with Gasteiger partial charge in [0.1, 0.15) is 5.58 Å². The first-order chi connectivity index (χ1) is 13.0. The topological polar surface area (TPSA) is 36.7 Å². The van der Waals surface area contributed by atoms with Crippen LogP contribution in [0.5, 0.6) is 0 Å². The monoisotopic (exact) mass is 382 g/mol. The Kier molecular flexibility index (Phi) is 4.94. The van der Waals surface area contributed by atoms with Crippen molar-refractivity contribution in [3.05, 3.63) is 74.6 Å². The van der Waals surface area contributed by atoms with Crippen LogP contribution in [-0.2, 0) is 6.54 Å². The van der Waals surface area contributed by atoms with E-state index in [1.807, 2.05) is 0 Å². The Balaban J connectivity index is 1.48. The summed E-state index contributed by atoms with van der Waals surface area (Å²) in [6, 6.07) is 11.8. The fourth-order valence-electron chi connectivity index (χ4n) is 3.70. The Morgan fingerprint density at radius 2 is 1.81 bits per heavy atom. The molecule has 4 rings (SSSR count). The third-order valence-electron chi connectivity index (χ3n) is 5.28. The predicted octanol–water partition coefficient (Wildman–Crippen LogP) is 4.39. The Labute approximate surface area is 164 Å². The van der Waals surface area contributed by atoms with E-state index in [1.54, 1.807) is 24.5 Å². The van der Waals surface area contributed by atoms with E-state index in [4.69, 9.17) is 16.0 Å². The van der Waals surface area contributed by atoms with Gasteiger partial charge in [0.25, 0.3) is 0 Å². The highest BCUT2D eigenvalue weighted by molar-refractivity contribution is 6.31. The molecule has 0 unspecified atom stereocenters. The average molecular weight is 383 g/mol. The zero-order valence-electron chi connectivity index (χ0n) is 15.7. The maximum atomic E-state index is 12.8. The molecule has 0 amide bonds. The summed E-state index contributed by atoms with van der Waals surface area (Å²) in [4.78, 5) is 17.5. The van der Waals surface area contributed by atoms with Gasteiger partial charge >= 0.3 is 0 Å². The second-order valence-electron chi connectivity index (χ2n) is 7.28. The quantitative estimate of drug-likeness (QED) is 0.673. The van der Waals surface area contributed by atoms with Gasteiger partial charge in [-0.3, -0.25) is 9.69 Å². The van der Waals surface area contributed by atoms with Crippen LogP contribution in [0.3, 0.4) is 0 Å². The van der Waals surface area contributed by atoms with Crippen molar-refractivity contribution in [2.75, 3.05) is 31.1 Å². The molecular weight excluding hydrogens is 360 g/mol. The minimum Gasteiger partial charge on any atom is -0.464 e. The van der Waals surface area contributed by atoms with Crippen LogP contribution in [0.2, 0.25) is 5.02 Å². The van der Waals surface area contributed by atoms with Crippen LogP contribution in [0.25, 0.3) is 11.0 Å². The second-order valence-corrected chi connectivity index (χ2v) is 7.72. The first-order valence-electron chi connectivity index (χ1n) is 9.26. The van der Waals surface area contributed by atoms with Crippen molar-refractivity contribution in [2.45, 2.75) is 20.4 Å². The number of rotatable bonds is 3. The highest BCUT2D eigenvalue weighted by Gasteiger charge is 2.20. The zero-order valence-corrected chi connectivity index (χ0v) is 16.4. The van der Waals surface area contributed by atoms with Gasteiger partial charge in [0, 0.05) is 49.0 Å². The lowest BCUT2D eigenvalue weighted by Gasteiger charge is -2.36. The fraction of sp³-hybridized carbons (Fsp3) is 0.318. The van der Waals surface area contributed by atoms with Gasteiger partial charge in [0.05, 0.1) is 11.6 Å². The summed E-state index contributed by atoms with van der Waals surface area (Å²) in [5, 5.41) is 1.10. The van der Waals surface area contributed by atoms with Crippen molar-refractivity contribution in [3.63, 3.8) is 0 Å². The minimum atomic E-state index is 0.00992. The number of hydrogen-bond acceptors (Lipinski definition) is 4. The third kappa shape index (κ3) is 3.73. The van der Waals surface area contributed by atoms with E-state index in [2.05, 4.69) is 41.8 Å². The summed E-state index contributed by atoms with van der Waals surface area (Å²) < 4.78 is 5.64. The molecule has 0 bridgehead atoms. The molecule has 5 heteroatoms. The van der Waals surface area contributed by atoms with Gasteiger partial charge in [0.2, 0.25) is 0 Å². The molecule has 4 nitrogen and oxygen atoms in total. The fourth-order valence-corrected chi connectivity index (χ4v) is 3.87. The van der Waals surface area contributed by atoms with E-state index in [0.717, 1.165) is 26.2 Å². The Hall–Kier alpha value is -2.30. The van der Waals surface area contributed by atoms with Gasteiger partial charge < -0.3 is 9.32 Å². The number of halogens is 1. The lowest BCUT2D eigenvalue weighted by molar-refractivity contribution is 0.247. The lowest BCUT2D eigenvalue weighted by atomic mass is 10.1. The van der Waals surface area contributed by atoms with Crippen molar-refractivity contribution in [1.29, 1.82) is 0 Å². The van der Waals surface area contributed by atoms with Crippen LogP contribution in [-0.4, -0.2) is 31.1 Å². The maximum Gasteiger partial charge on any atom is 0.197 e. The van der Waals surface area contributed by atoms with Crippen molar-refractivity contribution in [1.82, 2.24) is 4.90 Å². The van der Waals surface area contributed by atoms with Crippen molar-refractivity contribution >= 4 is 28.3 Å². The summed E-state index contributed by atoms with van der Waals surface area (Å²) in [7, 11) is 0. The SMILES string of the molecule is Cc1ccc(C)c(N2CCN(Cc3coc4ccc(Cl)cc4c3=O)CC2)c1. The predicted molar refractivity (Wildman–Crippen MR) is 111 cm³/mol. The van der Waals surface area contributed by atoms with Crippen LogP contribution in [0, 0.1) is 13.8 Å². The summed E-state index contributed by atoms with van der Waals surface area (Å²) in [5.41, 5.74) is 5.18. The van der Waals surface area contributed by atoms with E-state index >= 15 is 0 Å². The standard InChI is InChI=1S/C22H23ClN2O2/c1-15-3-4-16(2)20(11-15)25-9-7-24(8-10-25)13-17-14-27-21-6-5-18(23)12-19(21)22(17)26/h3-6,11-12,14H,7-10,13H2,1-2H3. The molecule has 1 saturated heterocycles. The van der Waals surface area contributed by atoms with Crippen LogP contribution < -0.4 is 10.3 Å². The third-order valence-corrected chi connectivity index (χ3v) is 5.51. The van der Waals surface area contributed by atoms with Crippen molar-refractivity contribution in [2.24, 2.45) is 0 Å². The summed E-state index contributed by atoms with van der Waals surface area (Å²) in [6.45, 7) is 8.63. The molecule has 27 heavy (non-hydrogen) atoms. The first-order valence-corrected chi connectivity index (χ1v) is 9.63. The molecule has 0 radical (unpaired) electrons. The van der Waals surface area contributed by atoms with Crippen LogP contribution >= 0.6 is 11.6 Å². The molecular formula is C22H23ClN2O2. The zero-order chi connectivity index (χ0) is 19.0. The number of anilines is 1. The first kappa shape index (κ1) is 18.1. The Bertz CT molecular complexity index is 1040. The van der Waals surface area contributed by atoms with E-state index in [-0.39, 0.29) is 5.43 Å².